The largest absolute Gasteiger partial charge is 0.449 e. The SMILES string of the molecule is Cc1cc(C)c(NC(=O)C(C)OC(=O)c2cccc([N+](=O)[O-])c2C)c(C)c1. The van der Waals surface area contributed by atoms with Crippen molar-refractivity contribution in [2.45, 2.75) is 40.7 Å². The number of amides is 1. The third kappa shape index (κ3) is 4.49. The normalized spacial score (nSPS) is 11.6. The quantitative estimate of drug-likeness (QED) is 0.487. The number of aryl methyl sites for hydroxylation is 3. The monoisotopic (exact) mass is 370 g/mol. The molecule has 0 spiro atoms. The number of hydrogen-bond acceptors (Lipinski definition) is 5. The highest BCUT2D eigenvalue weighted by atomic mass is 16.6. The molecule has 0 aliphatic carbocycles. The fourth-order valence-electron chi connectivity index (χ4n) is 2.92. The second-order valence-electron chi connectivity index (χ2n) is 6.52. The second-order valence-corrected chi connectivity index (χ2v) is 6.52. The molecule has 0 aliphatic heterocycles. The molecule has 2 aromatic carbocycles. The van der Waals surface area contributed by atoms with Crippen molar-refractivity contribution in [1.29, 1.82) is 0 Å². The van der Waals surface area contributed by atoms with Gasteiger partial charge in [0.1, 0.15) is 0 Å². The molecule has 1 unspecified atom stereocenters. The number of carbonyl (C=O) groups excluding carboxylic acids is 2. The van der Waals surface area contributed by atoms with E-state index in [4.69, 9.17) is 4.74 Å². The van der Waals surface area contributed by atoms with Crippen molar-refractivity contribution in [1.82, 2.24) is 0 Å². The molecular weight excluding hydrogens is 348 g/mol. The number of nitrogens with one attached hydrogen (secondary N) is 1. The van der Waals surface area contributed by atoms with Crippen molar-refractivity contribution in [3.8, 4) is 0 Å². The molecule has 0 aromatic heterocycles. The maximum absolute atomic E-state index is 12.4. The number of nitro groups is 1. The lowest BCUT2D eigenvalue weighted by Gasteiger charge is -2.17. The maximum Gasteiger partial charge on any atom is 0.339 e. The summed E-state index contributed by atoms with van der Waals surface area (Å²) >= 11 is 0. The number of rotatable bonds is 5. The molecule has 1 N–H and O–H groups in total. The van der Waals surface area contributed by atoms with Gasteiger partial charge in [-0.05, 0) is 51.8 Å². The Balaban J connectivity index is 2.14. The van der Waals surface area contributed by atoms with Crippen LogP contribution in [0.25, 0.3) is 0 Å². The predicted octanol–water partition coefficient (Wildman–Crippen LogP) is 4.01. The molecule has 142 valence electrons. The molecule has 0 fully saturated rings. The van der Waals surface area contributed by atoms with Gasteiger partial charge in [-0.3, -0.25) is 14.9 Å². The van der Waals surface area contributed by atoms with E-state index >= 15 is 0 Å². The van der Waals surface area contributed by atoms with E-state index < -0.39 is 22.9 Å². The molecule has 7 heteroatoms. The van der Waals surface area contributed by atoms with Crippen LogP contribution in [0, 0.1) is 37.8 Å². The van der Waals surface area contributed by atoms with Crippen molar-refractivity contribution >= 4 is 23.3 Å². The van der Waals surface area contributed by atoms with Gasteiger partial charge >= 0.3 is 5.97 Å². The van der Waals surface area contributed by atoms with Crippen LogP contribution in [0.5, 0.6) is 0 Å². The summed E-state index contributed by atoms with van der Waals surface area (Å²) in [5.74, 6) is -1.25. The van der Waals surface area contributed by atoms with Crippen LogP contribution < -0.4 is 5.32 Å². The summed E-state index contributed by atoms with van der Waals surface area (Å²) in [7, 11) is 0. The van der Waals surface area contributed by atoms with Gasteiger partial charge in [0.05, 0.1) is 10.5 Å². The highest BCUT2D eigenvalue weighted by Crippen LogP contribution is 2.24. The van der Waals surface area contributed by atoms with E-state index in [2.05, 4.69) is 5.32 Å². The predicted molar refractivity (Wildman–Crippen MR) is 102 cm³/mol. The fourth-order valence-corrected chi connectivity index (χ4v) is 2.92. The van der Waals surface area contributed by atoms with Crippen LogP contribution in [-0.2, 0) is 9.53 Å². The molecule has 0 saturated carbocycles. The molecule has 7 nitrogen and oxygen atoms in total. The van der Waals surface area contributed by atoms with E-state index in [1.54, 1.807) is 0 Å². The van der Waals surface area contributed by atoms with Crippen molar-refractivity contribution in [3.05, 3.63) is 68.3 Å². The Bertz CT molecular complexity index is 898. The summed E-state index contributed by atoms with van der Waals surface area (Å²) in [6, 6.07) is 8.05. The number of benzene rings is 2. The molecule has 0 aliphatic rings. The first-order valence-corrected chi connectivity index (χ1v) is 8.45. The van der Waals surface area contributed by atoms with Crippen LogP contribution in [0.1, 0.15) is 39.5 Å². The standard InChI is InChI=1S/C20H22N2O5/c1-11-9-12(2)18(13(3)10-11)21-19(23)15(5)27-20(24)16-7-6-8-17(14(16)4)22(25)26/h6-10,15H,1-5H3,(H,21,23). The molecule has 1 atom stereocenters. The van der Waals surface area contributed by atoms with E-state index in [1.165, 1.54) is 32.0 Å². The van der Waals surface area contributed by atoms with Crippen molar-refractivity contribution in [3.63, 3.8) is 0 Å². The first-order chi connectivity index (χ1) is 12.6. The number of anilines is 1. The maximum atomic E-state index is 12.4. The number of nitro benzene ring substituents is 1. The van der Waals surface area contributed by atoms with Crippen LogP contribution >= 0.6 is 0 Å². The van der Waals surface area contributed by atoms with E-state index in [0.29, 0.717) is 5.69 Å². The Morgan fingerprint density at radius 1 is 1.11 bits per heavy atom. The molecule has 0 heterocycles. The third-order valence-electron chi connectivity index (χ3n) is 4.30. The van der Waals surface area contributed by atoms with E-state index in [-0.39, 0.29) is 16.8 Å². The van der Waals surface area contributed by atoms with Crippen molar-refractivity contribution in [2.75, 3.05) is 5.32 Å². The van der Waals surface area contributed by atoms with Crippen LogP contribution in [0.4, 0.5) is 11.4 Å². The minimum Gasteiger partial charge on any atom is -0.449 e. The highest BCUT2D eigenvalue weighted by molar-refractivity contribution is 5.99. The van der Waals surface area contributed by atoms with Crippen molar-refractivity contribution in [2.24, 2.45) is 0 Å². The minimum atomic E-state index is -1.06. The van der Waals surface area contributed by atoms with Gasteiger partial charge in [-0.15, -0.1) is 0 Å². The smallest absolute Gasteiger partial charge is 0.339 e. The average Bonchev–Trinajstić information content (AvgIpc) is 2.57. The zero-order valence-electron chi connectivity index (χ0n) is 16.0. The number of nitrogens with zero attached hydrogens (tertiary/aromatic N) is 1. The number of hydrogen-bond donors (Lipinski definition) is 1. The van der Waals surface area contributed by atoms with Gasteiger partial charge in [-0.25, -0.2) is 4.79 Å². The molecule has 0 saturated heterocycles. The average molecular weight is 370 g/mol. The van der Waals surface area contributed by atoms with Gasteiger partial charge in [0.15, 0.2) is 6.10 Å². The molecule has 0 bridgehead atoms. The zero-order chi connectivity index (χ0) is 20.3. The van der Waals surface area contributed by atoms with Crippen LogP contribution in [0.2, 0.25) is 0 Å². The molecule has 27 heavy (non-hydrogen) atoms. The van der Waals surface area contributed by atoms with E-state index in [9.17, 15) is 19.7 Å². The van der Waals surface area contributed by atoms with Gasteiger partial charge in [0, 0.05) is 17.3 Å². The topological polar surface area (TPSA) is 98.5 Å². The zero-order valence-corrected chi connectivity index (χ0v) is 16.0. The van der Waals surface area contributed by atoms with Gasteiger partial charge in [0.2, 0.25) is 0 Å². The third-order valence-corrected chi connectivity index (χ3v) is 4.30. The number of esters is 1. The minimum absolute atomic E-state index is 0.0616. The summed E-state index contributed by atoms with van der Waals surface area (Å²) < 4.78 is 5.22. The lowest BCUT2D eigenvalue weighted by molar-refractivity contribution is -0.385. The van der Waals surface area contributed by atoms with E-state index in [0.717, 1.165) is 16.7 Å². The number of carbonyl (C=O) groups is 2. The summed E-state index contributed by atoms with van der Waals surface area (Å²) in [4.78, 5) is 35.2. The van der Waals surface area contributed by atoms with Crippen LogP contribution in [-0.4, -0.2) is 22.9 Å². The van der Waals surface area contributed by atoms with Gasteiger partial charge in [-0.2, -0.15) is 0 Å². The van der Waals surface area contributed by atoms with E-state index in [1.807, 2.05) is 32.9 Å². The Labute approximate surface area is 157 Å². The Kier molecular flexibility index (Phi) is 5.95. The van der Waals surface area contributed by atoms with Gasteiger partial charge < -0.3 is 10.1 Å². The van der Waals surface area contributed by atoms with Crippen molar-refractivity contribution < 1.29 is 19.2 Å². The summed E-state index contributed by atoms with van der Waals surface area (Å²) in [6.45, 7) is 8.67. The molecule has 2 aromatic rings. The summed E-state index contributed by atoms with van der Waals surface area (Å²) in [5.41, 5.74) is 3.68. The molecular formula is C20H22N2O5. The molecule has 1 amide bonds. The highest BCUT2D eigenvalue weighted by Gasteiger charge is 2.24. The first kappa shape index (κ1) is 20.1. The summed E-state index contributed by atoms with van der Waals surface area (Å²) in [6.07, 6.45) is -1.06. The Morgan fingerprint density at radius 3 is 2.26 bits per heavy atom. The Morgan fingerprint density at radius 2 is 1.70 bits per heavy atom. The van der Waals surface area contributed by atoms with Gasteiger partial charge in [-0.1, -0.05) is 23.8 Å². The first-order valence-electron chi connectivity index (χ1n) is 8.45. The molecule has 2 rings (SSSR count). The summed E-state index contributed by atoms with van der Waals surface area (Å²) in [5, 5.41) is 13.8. The van der Waals surface area contributed by atoms with Crippen LogP contribution in [0.3, 0.4) is 0 Å². The van der Waals surface area contributed by atoms with Gasteiger partial charge in [0.25, 0.3) is 11.6 Å². The lowest BCUT2D eigenvalue weighted by atomic mass is 10.0. The van der Waals surface area contributed by atoms with Crippen LogP contribution in [0.15, 0.2) is 30.3 Å². The second kappa shape index (κ2) is 7.99. The molecule has 0 radical (unpaired) electrons. The fraction of sp³-hybridized carbons (Fsp3) is 0.300. The number of ether oxygens (including phenoxy) is 1. The Hall–Kier alpha value is -3.22. The lowest BCUT2D eigenvalue weighted by Crippen LogP contribution is -2.30.